The van der Waals surface area contributed by atoms with E-state index >= 15 is 0 Å². The number of rotatable bonds is 0. The summed E-state index contributed by atoms with van der Waals surface area (Å²) in [4.78, 5) is 0.763. The number of nitrogens with two attached hydrogens (primary N) is 1. The van der Waals surface area contributed by atoms with E-state index in [-0.39, 0.29) is 19.5 Å². The standard InChI is InChI=1S/C6H6ClNS.Zn/c7-4-1-2-6(9)5(8)3-4;/h1-3,9H,8H2;. The summed E-state index contributed by atoms with van der Waals surface area (Å²) in [7, 11) is 0. The Balaban J connectivity index is 0.000000810. The number of thiol groups is 1. The van der Waals surface area contributed by atoms with Gasteiger partial charge >= 0.3 is 0 Å². The summed E-state index contributed by atoms with van der Waals surface area (Å²) in [5.41, 5.74) is 6.08. The zero-order chi connectivity index (χ0) is 6.85. The molecule has 1 aromatic rings. The Morgan fingerprint density at radius 1 is 1.40 bits per heavy atom. The third-order valence-corrected chi connectivity index (χ3v) is 1.63. The molecular weight excluding hydrogens is 219 g/mol. The van der Waals surface area contributed by atoms with E-state index in [1.807, 2.05) is 0 Å². The molecule has 1 aromatic carbocycles. The van der Waals surface area contributed by atoms with Gasteiger partial charge in [0.25, 0.3) is 0 Å². The molecule has 0 aliphatic rings. The first kappa shape index (κ1) is 10.3. The second-order valence-corrected chi connectivity index (χ2v) is 2.62. The first-order valence-corrected chi connectivity index (χ1v) is 3.26. The molecule has 0 heterocycles. The van der Waals surface area contributed by atoms with Crippen LogP contribution < -0.4 is 5.73 Å². The molecule has 2 N–H and O–H groups in total. The normalized spacial score (nSPS) is 8.60. The van der Waals surface area contributed by atoms with Crippen molar-refractivity contribution in [2.45, 2.75) is 4.90 Å². The van der Waals surface area contributed by atoms with Crippen LogP contribution in [0.2, 0.25) is 5.02 Å². The molecule has 0 saturated carbocycles. The van der Waals surface area contributed by atoms with Crippen molar-refractivity contribution in [3.63, 3.8) is 0 Å². The molecule has 1 nitrogen and oxygen atoms in total. The Bertz CT molecular complexity index is 229. The second kappa shape index (κ2) is 4.22. The van der Waals surface area contributed by atoms with Crippen molar-refractivity contribution in [2.75, 3.05) is 5.73 Å². The maximum absolute atomic E-state index is 5.60. The van der Waals surface area contributed by atoms with E-state index < -0.39 is 0 Å². The molecule has 0 fully saturated rings. The molecule has 50 valence electrons. The summed E-state index contributed by atoms with van der Waals surface area (Å²) in [6, 6.07) is 5.19. The van der Waals surface area contributed by atoms with Crippen LogP contribution in [0.25, 0.3) is 0 Å². The Hall–Kier alpha value is 0.283. The van der Waals surface area contributed by atoms with Gasteiger partial charge in [0.15, 0.2) is 0 Å². The van der Waals surface area contributed by atoms with E-state index in [0.29, 0.717) is 10.7 Å². The van der Waals surface area contributed by atoms with Crippen LogP contribution in [0.5, 0.6) is 0 Å². The molecule has 0 bridgehead atoms. The molecule has 0 saturated heterocycles. The molecule has 0 aliphatic carbocycles. The summed E-state index contributed by atoms with van der Waals surface area (Å²) in [5.74, 6) is 0. The van der Waals surface area contributed by atoms with Gasteiger partial charge in [0.1, 0.15) is 0 Å². The topological polar surface area (TPSA) is 26.0 Å². The first-order valence-electron chi connectivity index (χ1n) is 2.44. The van der Waals surface area contributed by atoms with Gasteiger partial charge in [0.05, 0.1) is 0 Å². The zero-order valence-electron chi connectivity index (χ0n) is 5.34. The molecule has 0 amide bonds. The summed E-state index contributed by atoms with van der Waals surface area (Å²) >= 11 is 9.66. The third kappa shape index (κ3) is 2.49. The first-order chi connectivity index (χ1) is 4.20. The summed E-state index contributed by atoms with van der Waals surface area (Å²) in [6.45, 7) is 0. The molecule has 4 heteroatoms. The van der Waals surface area contributed by atoms with Gasteiger partial charge in [0.2, 0.25) is 0 Å². The van der Waals surface area contributed by atoms with Gasteiger partial charge in [-0.1, -0.05) is 11.6 Å². The van der Waals surface area contributed by atoms with Crippen molar-refractivity contribution in [1.29, 1.82) is 0 Å². The van der Waals surface area contributed by atoms with Gasteiger partial charge in [-0.25, -0.2) is 0 Å². The SMILES string of the molecule is Nc1cc(Cl)ccc1S.[Zn]. The Kier molecular flexibility index (Phi) is 4.34. The minimum atomic E-state index is 0. The Morgan fingerprint density at radius 3 is 2.40 bits per heavy atom. The smallest absolute Gasteiger partial charge is 0.0464 e. The Labute approximate surface area is 83.1 Å². The van der Waals surface area contributed by atoms with Crippen LogP contribution in [0.1, 0.15) is 0 Å². The monoisotopic (exact) mass is 223 g/mol. The van der Waals surface area contributed by atoms with Crippen molar-refractivity contribution in [2.24, 2.45) is 0 Å². The van der Waals surface area contributed by atoms with Crippen molar-refractivity contribution < 1.29 is 19.5 Å². The average molecular weight is 225 g/mol. The molecule has 0 aliphatic heterocycles. The maximum Gasteiger partial charge on any atom is 0.0464 e. The maximum atomic E-state index is 5.60. The number of halogens is 1. The van der Waals surface area contributed by atoms with E-state index in [0.717, 1.165) is 4.90 Å². The van der Waals surface area contributed by atoms with Crippen molar-refractivity contribution in [3.05, 3.63) is 23.2 Å². The second-order valence-electron chi connectivity index (χ2n) is 1.70. The quantitative estimate of drug-likeness (QED) is 0.395. The third-order valence-electron chi connectivity index (χ3n) is 0.990. The van der Waals surface area contributed by atoms with E-state index in [9.17, 15) is 0 Å². The fourth-order valence-corrected chi connectivity index (χ4v) is 0.845. The molecule has 0 unspecified atom stereocenters. The summed E-state index contributed by atoms with van der Waals surface area (Å²) in [6.07, 6.45) is 0. The minimum Gasteiger partial charge on any atom is -0.398 e. The van der Waals surface area contributed by atoms with Crippen LogP contribution >= 0.6 is 24.2 Å². The average Bonchev–Trinajstić information content (AvgIpc) is 1.80. The molecular formula is C6H6ClNSZn. The largest absolute Gasteiger partial charge is 0.398 e. The van der Waals surface area contributed by atoms with Crippen molar-refractivity contribution >= 4 is 29.9 Å². The summed E-state index contributed by atoms with van der Waals surface area (Å²) in [5, 5.41) is 0.644. The number of benzene rings is 1. The zero-order valence-corrected chi connectivity index (χ0v) is 9.96. The van der Waals surface area contributed by atoms with E-state index in [2.05, 4.69) is 12.6 Å². The number of hydrogen-bond acceptors (Lipinski definition) is 2. The molecule has 0 radical (unpaired) electrons. The predicted octanol–water partition coefficient (Wildman–Crippen LogP) is 2.21. The van der Waals surface area contributed by atoms with Gasteiger partial charge in [0, 0.05) is 35.1 Å². The van der Waals surface area contributed by atoms with Crippen LogP contribution in [0.15, 0.2) is 23.1 Å². The van der Waals surface area contributed by atoms with Crippen LogP contribution in [-0.2, 0) is 19.5 Å². The van der Waals surface area contributed by atoms with Gasteiger partial charge in [-0.3, -0.25) is 0 Å². The molecule has 10 heavy (non-hydrogen) atoms. The van der Waals surface area contributed by atoms with Crippen LogP contribution in [0.3, 0.4) is 0 Å². The molecule has 0 aromatic heterocycles. The molecule has 0 atom stereocenters. The van der Waals surface area contributed by atoms with Crippen LogP contribution in [0.4, 0.5) is 5.69 Å². The molecule has 1 rings (SSSR count). The number of hydrogen-bond donors (Lipinski definition) is 2. The van der Waals surface area contributed by atoms with Crippen molar-refractivity contribution in [1.82, 2.24) is 0 Å². The van der Waals surface area contributed by atoms with E-state index in [1.165, 1.54) is 0 Å². The van der Waals surface area contributed by atoms with Gasteiger partial charge in [-0.2, -0.15) is 0 Å². The van der Waals surface area contributed by atoms with Crippen LogP contribution in [-0.4, -0.2) is 0 Å². The fraction of sp³-hybridized carbons (Fsp3) is 0. The van der Waals surface area contributed by atoms with E-state index in [4.69, 9.17) is 17.3 Å². The summed E-state index contributed by atoms with van der Waals surface area (Å²) < 4.78 is 0. The van der Waals surface area contributed by atoms with Crippen molar-refractivity contribution in [3.8, 4) is 0 Å². The van der Waals surface area contributed by atoms with Gasteiger partial charge in [-0.15, -0.1) is 12.6 Å². The molecule has 0 spiro atoms. The van der Waals surface area contributed by atoms with Gasteiger partial charge in [-0.05, 0) is 18.2 Å². The number of anilines is 1. The Morgan fingerprint density at radius 2 is 2.00 bits per heavy atom. The predicted molar refractivity (Wildman–Crippen MR) is 43.1 cm³/mol. The van der Waals surface area contributed by atoms with Crippen LogP contribution in [0, 0.1) is 0 Å². The van der Waals surface area contributed by atoms with E-state index in [1.54, 1.807) is 18.2 Å². The minimum absolute atomic E-state index is 0. The number of nitrogen functional groups attached to an aromatic ring is 1. The fourth-order valence-electron chi connectivity index (χ4n) is 0.525. The van der Waals surface area contributed by atoms with Gasteiger partial charge < -0.3 is 5.73 Å².